The number of hydrogen-bond donors (Lipinski definition) is 1. The van der Waals surface area contributed by atoms with E-state index in [1.165, 1.54) is 12.4 Å². The fraction of sp³-hybridized carbons (Fsp3) is 0.667. The number of rotatable bonds is 2. The zero-order valence-corrected chi connectivity index (χ0v) is 8.24. The van der Waals surface area contributed by atoms with E-state index in [0.717, 1.165) is 19.3 Å². The smallest absolute Gasteiger partial charge is 0.307 e. The topological polar surface area (TPSA) is 81.2 Å². The van der Waals surface area contributed by atoms with Crippen LogP contribution < -0.4 is 0 Å². The van der Waals surface area contributed by atoms with Crippen molar-refractivity contribution in [3.05, 3.63) is 22.5 Å². The number of nitrogens with zero attached hydrogens (tertiary/aromatic N) is 3. The van der Waals surface area contributed by atoms with E-state index in [4.69, 9.17) is 0 Å². The van der Waals surface area contributed by atoms with Crippen LogP contribution in [0.4, 0.5) is 5.69 Å². The molecule has 6 heteroatoms. The van der Waals surface area contributed by atoms with Gasteiger partial charge in [-0.2, -0.15) is 5.10 Å². The number of aromatic nitrogens is 2. The number of hydrogen-bond acceptors (Lipinski definition) is 4. The van der Waals surface area contributed by atoms with E-state index in [2.05, 4.69) is 5.10 Å². The highest BCUT2D eigenvalue weighted by atomic mass is 16.6. The molecule has 6 nitrogen and oxygen atoms in total. The summed E-state index contributed by atoms with van der Waals surface area (Å²) in [5, 5.41) is 23.9. The standard InChI is InChI=1S/C9H13N3O3/c13-9-3-1-2-7(4-9)11-6-8(5-10-11)12(14)15/h5-7,9,13H,1-4H2/t7?,9-/m1/s1. The van der Waals surface area contributed by atoms with Crippen LogP contribution in [0.25, 0.3) is 0 Å². The lowest BCUT2D eigenvalue weighted by atomic mass is 9.93. The zero-order valence-electron chi connectivity index (χ0n) is 8.24. The highest BCUT2D eigenvalue weighted by molar-refractivity contribution is 5.21. The molecule has 15 heavy (non-hydrogen) atoms. The molecule has 0 aliphatic heterocycles. The van der Waals surface area contributed by atoms with E-state index >= 15 is 0 Å². The van der Waals surface area contributed by atoms with Crippen molar-refractivity contribution in [3.8, 4) is 0 Å². The number of nitro groups is 1. The minimum Gasteiger partial charge on any atom is -0.393 e. The van der Waals surface area contributed by atoms with Gasteiger partial charge in [-0.05, 0) is 25.7 Å². The second kappa shape index (κ2) is 3.98. The molecule has 1 N–H and O–H groups in total. The van der Waals surface area contributed by atoms with Crippen molar-refractivity contribution in [2.45, 2.75) is 37.8 Å². The van der Waals surface area contributed by atoms with Crippen molar-refractivity contribution >= 4 is 5.69 Å². The third kappa shape index (κ3) is 2.15. The van der Waals surface area contributed by atoms with E-state index in [1.54, 1.807) is 4.68 Å². The van der Waals surface area contributed by atoms with Gasteiger partial charge >= 0.3 is 5.69 Å². The van der Waals surface area contributed by atoms with Gasteiger partial charge in [-0.1, -0.05) is 0 Å². The molecule has 0 aromatic carbocycles. The molecule has 0 spiro atoms. The van der Waals surface area contributed by atoms with Crippen LogP contribution in [0.5, 0.6) is 0 Å². The van der Waals surface area contributed by atoms with Crippen LogP contribution in [0, 0.1) is 10.1 Å². The van der Waals surface area contributed by atoms with Crippen LogP contribution in [0.2, 0.25) is 0 Å². The molecule has 1 fully saturated rings. The summed E-state index contributed by atoms with van der Waals surface area (Å²) >= 11 is 0. The van der Waals surface area contributed by atoms with Crippen molar-refractivity contribution in [1.82, 2.24) is 9.78 Å². The average Bonchev–Trinajstić information content (AvgIpc) is 2.66. The fourth-order valence-electron chi connectivity index (χ4n) is 2.00. The van der Waals surface area contributed by atoms with Gasteiger partial charge in [-0.3, -0.25) is 14.8 Å². The molecule has 1 aromatic rings. The largest absolute Gasteiger partial charge is 0.393 e. The molecule has 0 radical (unpaired) electrons. The molecule has 82 valence electrons. The fourth-order valence-corrected chi connectivity index (χ4v) is 2.00. The molecule has 2 rings (SSSR count). The molecular formula is C9H13N3O3. The molecule has 1 heterocycles. The van der Waals surface area contributed by atoms with Gasteiger partial charge < -0.3 is 5.11 Å². The first-order valence-corrected chi connectivity index (χ1v) is 5.03. The van der Waals surface area contributed by atoms with E-state index in [1.807, 2.05) is 0 Å². The molecule has 2 atom stereocenters. The molecule has 0 amide bonds. The Morgan fingerprint density at radius 1 is 1.60 bits per heavy atom. The van der Waals surface area contributed by atoms with Crippen LogP contribution >= 0.6 is 0 Å². The van der Waals surface area contributed by atoms with Crippen LogP contribution in [0.3, 0.4) is 0 Å². The lowest BCUT2D eigenvalue weighted by Gasteiger charge is -2.25. The van der Waals surface area contributed by atoms with Gasteiger partial charge in [-0.15, -0.1) is 0 Å². The lowest BCUT2D eigenvalue weighted by Crippen LogP contribution is -2.22. The molecule has 1 aliphatic carbocycles. The van der Waals surface area contributed by atoms with Crippen LogP contribution in [-0.4, -0.2) is 25.9 Å². The lowest BCUT2D eigenvalue weighted by molar-refractivity contribution is -0.385. The Bertz CT molecular complexity index is 363. The van der Waals surface area contributed by atoms with Gasteiger partial charge in [-0.25, -0.2) is 0 Å². The first kappa shape index (κ1) is 10.1. The normalized spacial score (nSPS) is 26.5. The second-order valence-electron chi connectivity index (χ2n) is 3.91. The summed E-state index contributed by atoms with van der Waals surface area (Å²) in [5.74, 6) is 0. The summed E-state index contributed by atoms with van der Waals surface area (Å²) in [4.78, 5) is 10.0. The zero-order chi connectivity index (χ0) is 10.8. The van der Waals surface area contributed by atoms with Gasteiger partial charge in [0.25, 0.3) is 0 Å². The summed E-state index contributed by atoms with van der Waals surface area (Å²) in [7, 11) is 0. The van der Waals surface area contributed by atoms with E-state index in [0.29, 0.717) is 6.42 Å². The minimum atomic E-state index is -0.456. The van der Waals surface area contributed by atoms with Gasteiger partial charge in [0.1, 0.15) is 12.4 Å². The van der Waals surface area contributed by atoms with Crippen molar-refractivity contribution in [3.63, 3.8) is 0 Å². The summed E-state index contributed by atoms with van der Waals surface area (Å²) in [5.41, 5.74) is 0.00932. The van der Waals surface area contributed by atoms with E-state index in [-0.39, 0.29) is 17.8 Å². The first-order valence-electron chi connectivity index (χ1n) is 5.03. The molecule has 1 saturated carbocycles. The quantitative estimate of drug-likeness (QED) is 0.590. The maximum absolute atomic E-state index is 10.5. The predicted molar refractivity (Wildman–Crippen MR) is 52.4 cm³/mol. The summed E-state index contributed by atoms with van der Waals surface area (Å²) in [6.07, 6.45) is 5.71. The number of aliphatic hydroxyl groups excluding tert-OH is 1. The molecule has 1 unspecified atom stereocenters. The Labute approximate surface area is 86.7 Å². The van der Waals surface area contributed by atoms with Gasteiger partial charge in [0.05, 0.1) is 17.1 Å². The molecule has 1 aromatic heterocycles. The summed E-state index contributed by atoms with van der Waals surface area (Å²) in [6, 6.07) is 0.0995. The summed E-state index contributed by atoms with van der Waals surface area (Å²) < 4.78 is 1.60. The molecule has 0 bridgehead atoms. The minimum absolute atomic E-state index is 0.00932. The maximum atomic E-state index is 10.5. The Hall–Kier alpha value is -1.43. The van der Waals surface area contributed by atoms with Crippen molar-refractivity contribution in [2.24, 2.45) is 0 Å². The van der Waals surface area contributed by atoms with Crippen molar-refractivity contribution in [2.75, 3.05) is 0 Å². The average molecular weight is 211 g/mol. The Morgan fingerprint density at radius 3 is 3.00 bits per heavy atom. The maximum Gasteiger partial charge on any atom is 0.307 e. The van der Waals surface area contributed by atoms with Crippen LogP contribution in [0.1, 0.15) is 31.7 Å². The molecule has 1 aliphatic rings. The third-order valence-electron chi connectivity index (χ3n) is 2.79. The van der Waals surface area contributed by atoms with Crippen LogP contribution in [-0.2, 0) is 0 Å². The van der Waals surface area contributed by atoms with E-state index < -0.39 is 4.92 Å². The van der Waals surface area contributed by atoms with Crippen molar-refractivity contribution in [1.29, 1.82) is 0 Å². The first-order chi connectivity index (χ1) is 7.16. The third-order valence-corrected chi connectivity index (χ3v) is 2.79. The van der Waals surface area contributed by atoms with Gasteiger partial charge in [0.2, 0.25) is 0 Å². The Morgan fingerprint density at radius 2 is 2.40 bits per heavy atom. The monoisotopic (exact) mass is 211 g/mol. The highest BCUT2D eigenvalue weighted by Crippen LogP contribution is 2.28. The number of aliphatic hydroxyl groups is 1. The van der Waals surface area contributed by atoms with Gasteiger partial charge in [0, 0.05) is 0 Å². The summed E-state index contributed by atoms with van der Waals surface area (Å²) in [6.45, 7) is 0. The Balaban J connectivity index is 2.11. The van der Waals surface area contributed by atoms with Crippen LogP contribution in [0.15, 0.2) is 12.4 Å². The van der Waals surface area contributed by atoms with E-state index in [9.17, 15) is 15.2 Å². The molecular weight excluding hydrogens is 198 g/mol. The Kier molecular flexibility index (Phi) is 2.68. The second-order valence-corrected chi connectivity index (χ2v) is 3.91. The SMILES string of the molecule is O=[N+]([O-])c1cnn(C2CCC[C@@H](O)C2)c1. The van der Waals surface area contributed by atoms with Gasteiger partial charge in [0.15, 0.2) is 0 Å². The predicted octanol–water partition coefficient (Wildman–Crippen LogP) is 1.27. The van der Waals surface area contributed by atoms with Crippen molar-refractivity contribution < 1.29 is 10.0 Å². The highest BCUT2D eigenvalue weighted by Gasteiger charge is 2.23. The molecule has 0 saturated heterocycles.